The lowest BCUT2D eigenvalue weighted by molar-refractivity contribution is -0.153. The molecule has 0 aliphatic carbocycles. The molecule has 2 heteroatoms. The molecule has 0 saturated heterocycles. The number of carbonyl (C=O) groups is 1. The Bertz CT molecular complexity index is 143. The Morgan fingerprint density at radius 2 is 1.92 bits per heavy atom. The number of unbranched alkanes of at least 4 members (excludes halogenated alkanes) is 1. The van der Waals surface area contributed by atoms with Crippen molar-refractivity contribution in [2.75, 3.05) is 0 Å². The first-order chi connectivity index (χ1) is 6.11. The van der Waals surface area contributed by atoms with E-state index in [-0.39, 0.29) is 18.0 Å². The monoisotopic (exact) mass is 186 g/mol. The molecule has 0 N–H and O–H groups in total. The molecule has 2 unspecified atom stereocenters. The fraction of sp³-hybridized carbons (Fsp3) is 0.909. The van der Waals surface area contributed by atoms with Crippen LogP contribution in [0.4, 0.5) is 0 Å². The summed E-state index contributed by atoms with van der Waals surface area (Å²) in [6, 6.07) is 0. The van der Waals surface area contributed by atoms with Gasteiger partial charge in [0.1, 0.15) is 0 Å². The highest BCUT2D eigenvalue weighted by Crippen LogP contribution is 2.09. The molecule has 13 heavy (non-hydrogen) atoms. The Kier molecular flexibility index (Phi) is 6.65. The molecule has 0 aromatic carbocycles. The van der Waals surface area contributed by atoms with E-state index >= 15 is 0 Å². The standard InChI is InChI=1S/C11H22O2/c1-5-7-8-10(4)13-11(12)9(3)6-2/h9-10H,5-8H2,1-4H3. The van der Waals surface area contributed by atoms with Crippen molar-refractivity contribution in [2.24, 2.45) is 5.92 Å². The van der Waals surface area contributed by atoms with E-state index < -0.39 is 0 Å². The van der Waals surface area contributed by atoms with Crippen LogP contribution in [0.25, 0.3) is 0 Å². The summed E-state index contributed by atoms with van der Waals surface area (Å²) >= 11 is 0. The van der Waals surface area contributed by atoms with Crippen LogP contribution in [0.15, 0.2) is 0 Å². The van der Waals surface area contributed by atoms with Gasteiger partial charge in [0, 0.05) is 0 Å². The van der Waals surface area contributed by atoms with Crippen LogP contribution in [-0.2, 0) is 9.53 Å². The summed E-state index contributed by atoms with van der Waals surface area (Å²) in [5.41, 5.74) is 0. The van der Waals surface area contributed by atoms with Gasteiger partial charge in [-0.05, 0) is 19.8 Å². The van der Waals surface area contributed by atoms with Crippen LogP contribution in [0, 0.1) is 5.92 Å². The highest BCUT2D eigenvalue weighted by atomic mass is 16.5. The molecule has 0 rings (SSSR count). The smallest absolute Gasteiger partial charge is 0.308 e. The van der Waals surface area contributed by atoms with Crippen LogP contribution in [0.3, 0.4) is 0 Å². The zero-order valence-electron chi connectivity index (χ0n) is 9.30. The molecule has 0 aromatic rings. The van der Waals surface area contributed by atoms with E-state index in [2.05, 4.69) is 6.92 Å². The van der Waals surface area contributed by atoms with Crippen molar-refractivity contribution in [2.45, 2.75) is 59.5 Å². The third kappa shape index (κ3) is 5.67. The lowest BCUT2D eigenvalue weighted by atomic mass is 10.1. The Morgan fingerprint density at radius 1 is 1.31 bits per heavy atom. The van der Waals surface area contributed by atoms with E-state index in [9.17, 15) is 4.79 Å². The SMILES string of the molecule is CCCCC(C)OC(=O)C(C)CC. The van der Waals surface area contributed by atoms with Crippen molar-refractivity contribution in [3.8, 4) is 0 Å². The molecule has 0 heterocycles. The van der Waals surface area contributed by atoms with Gasteiger partial charge in [0.15, 0.2) is 0 Å². The molecule has 0 saturated carbocycles. The van der Waals surface area contributed by atoms with Gasteiger partial charge in [-0.2, -0.15) is 0 Å². The molecule has 0 spiro atoms. The van der Waals surface area contributed by atoms with Crippen molar-refractivity contribution in [3.63, 3.8) is 0 Å². The topological polar surface area (TPSA) is 26.3 Å². The van der Waals surface area contributed by atoms with E-state index in [1.54, 1.807) is 0 Å². The number of carbonyl (C=O) groups excluding carboxylic acids is 1. The molecule has 2 nitrogen and oxygen atoms in total. The van der Waals surface area contributed by atoms with E-state index in [1.165, 1.54) is 0 Å². The molecule has 0 amide bonds. The van der Waals surface area contributed by atoms with Crippen molar-refractivity contribution < 1.29 is 9.53 Å². The van der Waals surface area contributed by atoms with Gasteiger partial charge in [0.25, 0.3) is 0 Å². The molecule has 2 atom stereocenters. The first kappa shape index (κ1) is 12.5. The molecule has 0 radical (unpaired) electrons. The van der Waals surface area contributed by atoms with Crippen LogP contribution in [0.5, 0.6) is 0 Å². The van der Waals surface area contributed by atoms with Gasteiger partial charge >= 0.3 is 5.97 Å². The largest absolute Gasteiger partial charge is 0.462 e. The van der Waals surface area contributed by atoms with Crippen LogP contribution in [0.2, 0.25) is 0 Å². The minimum atomic E-state index is -0.0499. The van der Waals surface area contributed by atoms with E-state index in [0.717, 1.165) is 25.7 Å². The minimum absolute atomic E-state index is 0.0454. The quantitative estimate of drug-likeness (QED) is 0.596. The normalized spacial score (nSPS) is 15.1. The average Bonchev–Trinajstić information content (AvgIpc) is 2.13. The van der Waals surface area contributed by atoms with Gasteiger partial charge in [0.05, 0.1) is 12.0 Å². The Morgan fingerprint density at radius 3 is 2.38 bits per heavy atom. The fourth-order valence-electron chi connectivity index (χ4n) is 1.03. The van der Waals surface area contributed by atoms with Crippen molar-refractivity contribution in [1.29, 1.82) is 0 Å². The second kappa shape index (κ2) is 6.93. The van der Waals surface area contributed by atoms with Crippen molar-refractivity contribution in [1.82, 2.24) is 0 Å². The summed E-state index contributed by atoms with van der Waals surface area (Å²) in [6.07, 6.45) is 4.22. The van der Waals surface area contributed by atoms with Gasteiger partial charge < -0.3 is 4.74 Å². The molecule has 0 fully saturated rings. The maximum atomic E-state index is 11.3. The molecule has 0 aromatic heterocycles. The Hall–Kier alpha value is -0.530. The third-order valence-electron chi connectivity index (χ3n) is 2.30. The molecule has 0 bridgehead atoms. The van der Waals surface area contributed by atoms with Crippen molar-refractivity contribution in [3.05, 3.63) is 0 Å². The Labute approximate surface area is 81.7 Å². The molecule has 0 aliphatic heterocycles. The van der Waals surface area contributed by atoms with Gasteiger partial charge in [-0.3, -0.25) is 4.79 Å². The summed E-state index contributed by atoms with van der Waals surface area (Å²) in [6.45, 7) is 8.02. The number of hydrogen-bond donors (Lipinski definition) is 0. The first-order valence-corrected chi connectivity index (χ1v) is 5.32. The lowest BCUT2D eigenvalue weighted by Crippen LogP contribution is -2.20. The number of rotatable bonds is 6. The summed E-state index contributed by atoms with van der Waals surface area (Å²) in [5, 5.41) is 0. The van der Waals surface area contributed by atoms with Gasteiger partial charge in [-0.15, -0.1) is 0 Å². The summed E-state index contributed by atoms with van der Waals surface area (Å²) in [7, 11) is 0. The fourth-order valence-corrected chi connectivity index (χ4v) is 1.03. The van der Waals surface area contributed by atoms with E-state index in [1.807, 2.05) is 20.8 Å². The van der Waals surface area contributed by atoms with Crippen LogP contribution in [-0.4, -0.2) is 12.1 Å². The van der Waals surface area contributed by atoms with E-state index in [4.69, 9.17) is 4.74 Å². The number of ether oxygens (including phenoxy) is 1. The molecule has 0 aliphatic rings. The van der Waals surface area contributed by atoms with E-state index in [0.29, 0.717) is 0 Å². The predicted octanol–water partition coefficient (Wildman–Crippen LogP) is 3.15. The van der Waals surface area contributed by atoms with Crippen LogP contribution < -0.4 is 0 Å². The summed E-state index contributed by atoms with van der Waals surface area (Å²) < 4.78 is 5.27. The van der Waals surface area contributed by atoms with Crippen LogP contribution in [0.1, 0.15) is 53.4 Å². The highest BCUT2D eigenvalue weighted by molar-refractivity contribution is 5.72. The third-order valence-corrected chi connectivity index (χ3v) is 2.30. The summed E-state index contributed by atoms with van der Waals surface area (Å²) in [4.78, 5) is 11.3. The number of hydrogen-bond acceptors (Lipinski definition) is 2. The maximum Gasteiger partial charge on any atom is 0.308 e. The zero-order chi connectivity index (χ0) is 10.3. The molecular formula is C11H22O2. The van der Waals surface area contributed by atoms with Crippen molar-refractivity contribution >= 4 is 5.97 Å². The molecular weight excluding hydrogens is 164 g/mol. The van der Waals surface area contributed by atoms with Gasteiger partial charge in [0.2, 0.25) is 0 Å². The lowest BCUT2D eigenvalue weighted by Gasteiger charge is -2.15. The minimum Gasteiger partial charge on any atom is -0.462 e. The maximum absolute atomic E-state index is 11.3. The van der Waals surface area contributed by atoms with Crippen LogP contribution >= 0.6 is 0 Å². The second-order valence-electron chi connectivity index (χ2n) is 3.70. The highest BCUT2D eigenvalue weighted by Gasteiger charge is 2.14. The summed E-state index contributed by atoms with van der Waals surface area (Å²) in [5.74, 6) is -0.00446. The second-order valence-corrected chi connectivity index (χ2v) is 3.70. The average molecular weight is 186 g/mol. The van der Waals surface area contributed by atoms with Gasteiger partial charge in [-0.25, -0.2) is 0 Å². The number of esters is 1. The zero-order valence-corrected chi connectivity index (χ0v) is 9.30. The predicted molar refractivity (Wildman–Crippen MR) is 54.5 cm³/mol. The first-order valence-electron chi connectivity index (χ1n) is 5.32. The Balaban J connectivity index is 3.64. The van der Waals surface area contributed by atoms with Gasteiger partial charge in [-0.1, -0.05) is 33.6 Å². The molecule has 78 valence electrons.